The predicted molar refractivity (Wildman–Crippen MR) is 53.8 cm³/mol. The summed E-state index contributed by atoms with van der Waals surface area (Å²) in [4.78, 5) is 14.0. The summed E-state index contributed by atoms with van der Waals surface area (Å²) in [6.45, 7) is 9.88. The number of nitrogens with zero attached hydrogens (tertiary/aromatic N) is 1. The monoisotopic (exact) mass is 180 g/mol. The normalized spacial score (nSPS) is 11.6. The van der Waals surface area contributed by atoms with Crippen LogP contribution in [0.25, 0.3) is 0 Å². The van der Waals surface area contributed by atoms with Crippen molar-refractivity contribution in [3.05, 3.63) is 35.0 Å². The van der Waals surface area contributed by atoms with Crippen molar-refractivity contribution in [2.24, 2.45) is 0 Å². The molecule has 0 aliphatic heterocycles. The van der Waals surface area contributed by atoms with Crippen LogP contribution >= 0.6 is 0 Å². The van der Waals surface area contributed by atoms with E-state index in [4.69, 9.17) is 0 Å². The molecule has 3 nitrogen and oxygen atoms in total. The van der Waals surface area contributed by atoms with Crippen molar-refractivity contribution >= 4 is 0 Å². The molecule has 1 N–H and O–H groups in total. The van der Waals surface area contributed by atoms with Crippen molar-refractivity contribution in [2.45, 2.75) is 32.7 Å². The Bertz CT molecular complexity index is 357. The van der Waals surface area contributed by atoms with E-state index in [2.05, 4.69) is 11.6 Å². The molecule has 0 atom stereocenters. The quantitative estimate of drug-likeness (QED) is 0.708. The Hall–Kier alpha value is -1.25. The van der Waals surface area contributed by atoms with E-state index >= 15 is 0 Å². The molecule has 3 heteroatoms. The zero-order valence-corrected chi connectivity index (χ0v) is 8.42. The summed E-state index contributed by atoms with van der Waals surface area (Å²) in [5.41, 5.74) is 0.826. The van der Waals surface area contributed by atoms with Gasteiger partial charge in [-0.25, -0.2) is 4.79 Å². The fourth-order valence-electron chi connectivity index (χ4n) is 1.62. The van der Waals surface area contributed by atoms with Crippen molar-refractivity contribution in [3.63, 3.8) is 0 Å². The van der Waals surface area contributed by atoms with E-state index in [0.717, 1.165) is 12.0 Å². The maximum atomic E-state index is 11.3. The summed E-state index contributed by atoms with van der Waals surface area (Å²) in [5, 5.41) is 0. The number of imidazole rings is 1. The van der Waals surface area contributed by atoms with Crippen LogP contribution in [0.4, 0.5) is 0 Å². The van der Waals surface area contributed by atoms with Crippen LogP contribution < -0.4 is 5.69 Å². The molecule has 72 valence electrons. The summed E-state index contributed by atoms with van der Waals surface area (Å²) in [6.07, 6.45) is 4.23. The second-order valence-electron chi connectivity index (χ2n) is 4.08. The van der Waals surface area contributed by atoms with Gasteiger partial charge in [0.25, 0.3) is 0 Å². The van der Waals surface area contributed by atoms with E-state index in [0.29, 0.717) is 0 Å². The first-order chi connectivity index (χ1) is 5.93. The average Bonchev–Trinajstić information content (AvgIpc) is 2.32. The van der Waals surface area contributed by atoms with Gasteiger partial charge >= 0.3 is 5.69 Å². The molecule has 0 bridgehead atoms. The van der Waals surface area contributed by atoms with Gasteiger partial charge in [-0.15, -0.1) is 6.58 Å². The third-order valence-electron chi connectivity index (χ3n) is 2.04. The third-order valence-corrected chi connectivity index (χ3v) is 2.04. The van der Waals surface area contributed by atoms with Gasteiger partial charge in [-0.1, -0.05) is 5.57 Å². The molecule has 1 heterocycles. The molecule has 0 saturated heterocycles. The molecule has 0 fully saturated rings. The molecule has 1 aromatic heterocycles. The largest absolute Gasteiger partial charge is 0.325 e. The Balaban J connectivity index is 3.00. The maximum Gasteiger partial charge on any atom is 0.325 e. The number of H-pyrrole nitrogens is 1. The van der Waals surface area contributed by atoms with Gasteiger partial charge in [0.1, 0.15) is 0 Å². The zero-order chi connectivity index (χ0) is 10.1. The summed E-state index contributed by atoms with van der Waals surface area (Å²) in [6, 6.07) is 0. The predicted octanol–water partition coefficient (Wildman–Crippen LogP) is 1.88. The standard InChI is InChI=1S/C10H16N2O/c1-8(2)7-10(3,4)12-6-5-11-9(12)13/h5-6H,1,7H2,2-4H3,(H,11,13). The second-order valence-corrected chi connectivity index (χ2v) is 4.08. The van der Waals surface area contributed by atoms with Crippen LogP contribution in [0.15, 0.2) is 29.3 Å². The molecular formula is C10H16N2O. The van der Waals surface area contributed by atoms with Crippen molar-refractivity contribution in [3.8, 4) is 0 Å². The lowest BCUT2D eigenvalue weighted by Gasteiger charge is -2.25. The molecule has 13 heavy (non-hydrogen) atoms. The van der Waals surface area contributed by atoms with Gasteiger partial charge in [0.15, 0.2) is 0 Å². The number of hydrogen-bond acceptors (Lipinski definition) is 1. The Morgan fingerprint density at radius 2 is 2.31 bits per heavy atom. The van der Waals surface area contributed by atoms with Crippen LogP contribution in [0, 0.1) is 0 Å². The van der Waals surface area contributed by atoms with E-state index in [9.17, 15) is 4.79 Å². The molecule has 0 amide bonds. The molecule has 0 unspecified atom stereocenters. The molecule has 0 aromatic carbocycles. The highest BCUT2D eigenvalue weighted by Gasteiger charge is 2.21. The van der Waals surface area contributed by atoms with Gasteiger partial charge in [0.05, 0.1) is 0 Å². The van der Waals surface area contributed by atoms with Gasteiger partial charge < -0.3 is 4.98 Å². The van der Waals surface area contributed by atoms with Crippen LogP contribution in [-0.2, 0) is 5.54 Å². The molecule has 1 aromatic rings. The number of rotatable bonds is 3. The maximum absolute atomic E-state index is 11.3. The van der Waals surface area contributed by atoms with E-state index in [1.54, 1.807) is 17.0 Å². The SMILES string of the molecule is C=C(C)CC(C)(C)n1cc[nH]c1=O. The molecule has 1 rings (SSSR count). The summed E-state index contributed by atoms with van der Waals surface area (Å²) in [5.74, 6) is 0. The minimum absolute atomic E-state index is 0.0637. The first kappa shape index (κ1) is 9.84. The Kier molecular flexibility index (Phi) is 2.45. The van der Waals surface area contributed by atoms with Gasteiger partial charge in [0, 0.05) is 17.9 Å². The van der Waals surface area contributed by atoms with E-state index in [1.807, 2.05) is 20.8 Å². The van der Waals surface area contributed by atoms with Crippen molar-refractivity contribution < 1.29 is 0 Å². The van der Waals surface area contributed by atoms with Crippen LogP contribution in [0.3, 0.4) is 0 Å². The Morgan fingerprint density at radius 3 is 2.69 bits per heavy atom. The topological polar surface area (TPSA) is 37.8 Å². The first-order valence-corrected chi connectivity index (χ1v) is 4.34. The second kappa shape index (κ2) is 3.24. The Morgan fingerprint density at radius 1 is 1.69 bits per heavy atom. The van der Waals surface area contributed by atoms with Gasteiger partial charge in [-0.05, 0) is 27.2 Å². The van der Waals surface area contributed by atoms with E-state index < -0.39 is 0 Å². The lowest BCUT2D eigenvalue weighted by atomic mass is 9.96. The number of aromatic nitrogens is 2. The van der Waals surface area contributed by atoms with Gasteiger partial charge in [0.2, 0.25) is 0 Å². The number of aromatic amines is 1. The number of hydrogen-bond donors (Lipinski definition) is 1. The number of allylic oxidation sites excluding steroid dienone is 1. The molecule has 0 aliphatic carbocycles. The summed E-state index contributed by atoms with van der Waals surface area (Å²) >= 11 is 0. The fourth-order valence-corrected chi connectivity index (χ4v) is 1.62. The summed E-state index contributed by atoms with van der Waals surface area (Å²) < 4.78 is 1.70. The Labute approximate surface area is 78.1 Å². The first-order valence-electron chi connectivity index (χ1n) is 4.34. The van der Waals surface area contributed by atoms with Crippen LogP contribution in [0.5, 0.6) is 0 Å². The smallest absolute Gasteiger partial charge is 0.313 e. The van der Waals surface area contributed by atoms with Crippen molar-refractivity contribution in [1.29, 1.82) is 0 Å². The van der Waals surface area contributed by atoms with Crippen LogP contribution in [0.2, 0.25) is 0 Å². The van der Waals surface area contributed by atoms with Crippen molar-refractivity contribution in [1.82, 2.24) is 9.55 Å². The van der Waals surface area contributed by atoms with Crippen LogP contribution in [0.1, 0.15) is 27.2 Å². The molecular weight excluding hydrogens is 164 g/mol. The van der Waals surface area contributed by atoms with Crippen LogP contribution in [-0.4, -0.2) is 9.55 Å². The minimum Gasteiger partial charge on any atom is -0.313 e. The fraction of sp³-hybridized carbons (Fsp3) is 0.500. The zero-order valence-electron chi connectivity index (χ0n) is 8.42. The minimum atomic E-state index is -0.192. The van der Waals surface area contributed by atoms with E-state index in [-0.39, 0.29) is 11.2 Å². The average molecular weight is 180 g/mol. The highest BCUT2D eigenvalue weighted by Crippen LogP contribution is 2.21. The molecule has 0 spiro atoms. The summed E-state index contributed by atoms with van der Waals surface area (Å²) in [7, 11) is 0. The highest BCUT2D eigenvalue weighted by atomic mass is 16.1. The lowest BCUT2D eigenvalue weighted by Crippen LogP contribution is -2.34. The van der Waals surface area contributed by atoms with Crippen molar-refractivity contribution in [2.75, 3.05) is 0 Å². The number of nitrogens with one attached hydrogen (secondary N) is 1. The van der Waals surface area contributed by atoms with E-state index in [1.165, 1.54) is 0 Å². The van der Waals surface area contributed by atoms with Gasteiger partial charge in [-0.2, -0.15) is 0 Å². The molecule has 0 radical (unpaired) electrons. The molecule has 0 aliphatic rings. The third kappa shape index (κ3) is 2.11. The lowest BCUT2D eigenvalue weighted by molar-refractivity contribution is 0.342. The highest BCUT2D eigenvalue weighted by molar-refractivity contribution is 4.98. The molecule has 0 saturated carbocycles. The van der Waals surface area contributed by atoms with Gasteiger partial charge in [-0.3, -0.25) is 4.57 Å².